The summed E-state index contributed by atoms with van der Waals surface area (Å²) in [6, 6.07) is 20.9. The Balaban J connectivity index is 1.43. The molecule has 1 saturated heterocycles. The minimum Gasteiger partial charge on any atom is -0.423 e. The van der Waals surface area contributed by atoms with Crippen molar-refractivity contribution in [1.82, 2.24) is 4.90 Å². The summed E-state index contributed by atoms with van der Waals surface area (Å²) in [5, 5.41) is 2.16. The molecule has 35 heavy (non-hydrogen) atoms. The molecule has 3 aromatic rings. The molecule has 9 heteroatoms. The zero-order chi connectivity index (χ0) is 24.9. The molecule has 0 spiro atoms. The van der Waals surface area contributed by atoms with Gasteiger partial charge in [0.1, 0.15) is 12.3 Å². The van der Waals surface area contributed by atoms with Crippen molar-refractivity contribution in [3.63, 3.8) is 0 Å². The van der Waals surface area contributed by atoms with E-state index in [1.54, 1.807) is 48.5 Å². The maximum absolute atomic E-state index is 12.8. The molecule has 7 nitrogen and oxygen atoms in total. The summed E-state index contributed by atoms with van der Waals surface area (Å²) >= 11 is 2.82. The first kappa shape index (κ1) is 24.7. The van der Waals surface area contributed by atoms with Gasteiger partial charge in [-0.2, -0.15) is 0 Å². The van der Waals surface area contributed by atoms with Crippen molar-refractivity contribution in [2.45, 2.75) is 6.92 Å². The largest absolute Gasteiger partial charge is 0.423 e. The molecule has 1 N–H and O–H groups in total. The Kier molecular flexibility index (Phi) is 7.67. The number of rotatable bonds is 6. The Morgan fingerprint density at radius 1 is 1.03 bits per heavy atom. The van der Waals surface area contributed by atoms with Crippen molar-refractivity contribution in [2.24, 2.45) is 0 Å². The summed E-state index contributed by atoms with van der Waals surface area (Å²) in [4.78, 5) is 51.1. The van der Waals surface area contributed by atoms with Crippen LogP contribution in [-0.2, 0) is 9.59 Å². The van der Waals surface area contributed by atoms with E-state index < -0.39 is 23.0 Å². The van der Waals surface area contributed by atoms with Crippen LogP contribution in [0.2, 0.25) is 0 Å². The molecule has 1 aliphatic rings. The summed E-state index contributed by atoms with van der Waals surface area (Å²) in [5.41, 5.74) is 2.66. The number of anilines is 1. The fraction of sp³-hybridized carbons (Fsp3) is 0.0769. The number of carbonyl (C=O) groups is 4. The van der Waals surface area contributed by atoms with Crippen LogP contribution in [-0.4, -0.2) is 34.5 Å². The van der Waals surface area contributed by atoms with Crippen LogP contribution in [0.15, 0.2) is 77.7 Å². The first-order chi connectivity index (χ1) is 16.8. The summed E-state index contributed by atoms with van der Waals surface area (Å²) in [6.45, 7) is 1.55. The zero-order valence-corrected chi connectivity index (χ0v) is 21.5. The number of aryl methyl sites for hydroxylation is 1. The molecule has 0 saturated carbocycles. The van der Waals surface area contributed by atoms with Gasteiger partial charge in [-0.15, -0.1) is 0 Å². The molecule has 0 aliphatic carbocycles. The Morgan fingerprint density at radius 2 is 1.77 bits per heavy atom. The second-order valence-electron chi connectivity index (χ2n) is 7.62. The standard InChI is InChI=1S/C26H19IN2O5S/c1-16-9-11-18(12-10-16)28-23(30)15-29-24(31)22(35-26(29)33)14-17-5-4-6-19(13-17)34-25(32)20-7-2-3-8-21(20)27/h2-14H,15H2,1H3,(H,28,30)/b22-14-. The number of carbonyl (C=O) groups excluding carboxylic acids is 4. The van der Waals surface area contributed by atoms with Crippen LogP contribution in [0, 0.1) is 10.5 Å². The lowest BCUT2D eigenvalue weighted by Crippen LogP contribution is -2.36. The van der Waals surface area contributed by atoms with Crippen molar-refractivity contribution in [2.75, 3.05) is 11.9 Å². The third kappa shape index (κ3) is 6.17. The van der Waals surface area contributed by atoms with Gasteiger partial charge in [0, 0.05) is 9.26 Å². The van der Waals surface area contributed by atoms with Gasteiger partial charge in [0.05, 0.1) is 10.5 Å². The average Bonchev–Trinajstić information content (AvgIpc) is 3.08. The number of ether oxygens (including phenoxy) is 1. The highest BCUT2D eigenvalue weighted by Gasteiger charge is 2.36. The maximum atomic E-state index is 12.8. The van der Waals surface area contributed by atoms with Crippen LogP contribution in [0.3, 0.4) is 0 Å². The molecule has 176 valence electrons. The van der Waals surface area contributed by atoms with Gasteiger partial charge in [-0.1, -0.05) is 42.0 Å². The van der Waals surface area contributed by atoms with E-state index in [0.29, 0.717) is 22.6 Å². The monoisotopic (exact) mass is 598 g/mol. The molecular formula is C26H19IN2O5S. The van der Waals surface area contributed by atoms with Crippen LogP contribution < -0.4 is 10.1 Å². The minimum atomic E-state index is -0.555. The Bertz CT molecular complexity index is 1350. The lowest BCUT2D eigenvalue weighted by atomic mass is 10.2. The number of nitrogens with one attached hydrogen (secondary N) is 1. The molecule has 0 unspecified atom stereocenters. The van der Waals surface area contributed by atoms with Gasteiger partial charge in [0.25, 0.3) is 11.1 Å². The number of amides is 3. The summed E-state index contributed by atoms with van der Waals surface area (Å²) in [5.74, 6) is -1.21. The fourth-order valence-corrected chi connectivity index (χ4v) is 4.67. The topological polar surface area (TPSA) is 92.8 Å². The second-order valence-corrected chi connectivity index (χ2v) is 9.78. The quantitative estimate of drug-likeness (QED) is 0.175. The fourth-order valence-electron chi connectivity index (χ4n) is 3.23. The van der Waals surface area contributed by atoms with Gasteiger partial charge >= 0.3 is 5.97 Å². The Labute approximate surface area is 219 Å². The first-order valence-corrected chi connectivity index (χ1v) is 12.4. The molecule has 0 bridgehead atoms. The number of nitrogens with zero attached hydrogens (tertiary/aromatic N) is 1. The highest BCUT2D eigenvalue weighted by Crippen LogP contribution is 2.32. The minimum absolute atomic E-state index is 0.180. The second kappa shape index (κ2) is 10.9. The molecule has 1 heterocycles. The summed E-state index contributed by atoms with van der Waals surface area (Å²) in [6.07, 6.45) is 1.53. The smallest absolute Gasteiger partial charge is 0.344 e. The normalized spacial score (nSPS) is 14.3. The number of benzene rings is 3. The van der Waals surface area contributed by atoms with E-state index in [2.05, 4.69) is 27.9 Å². The maximum Gasteiger partial charge on any atom is 0.344 e. The molecular weight excluding hydrogens is 579 g/mol. The molecule has 0 aromatic heterocycles. The Morgan fingerprint density at radius 3 is 2.51 bits per heavy atom. The van der Waals surface area contributed by atoms with E-state index in [1.807, 2.05) is 31.2 Å². The van der Waals surface area contributed by atoms with Gasteiger partial charge in [-0.05, 0) is 89.3 Å². The molecule has 3 amide bonds. The molecule has 3 aromatic carbocycles. The van der Waals surface area contributed by atoms with E-state index in [4.69, 9.17) is 4.74 Å². The van der Waals surface area contributed by atoms with Crippen LogP contribution in [0.1, 0.15) is 21.5 Å². The van der Waals surface area contributed by atoms with Crippen molar-refractivity contribution in [1.29, 1.82) is 0 Å². The molecule has 4 rings (SSSR count). The highest BCUT2D eigenvalue weighted by atomic mass is 127. The predicted molar refractivity (Wildman–Crippen MR) is 143 cm³/mol. The molecule has 1 fully saturated rings. The van der Waals surface area contributed by atoms with Crippen LogP contribution in [0.25, 0.3) is 6.08 Å². The third-order valence-electron chi connectivity index (χ3n) is 4.97. The summed E-state index contributed by atoms with van der Waals surface area (Å²) in [7, 11) is 0. The van der Waals surface area contributed by atoms with Gasteiger partial charge in [0.2, 0.25) is 5.91 Å². The first-order valence-electron chi connectivity index (χ1n) is 10.5. The molecule has 1 aliphatic heterocycles. The number of thioether (sulfide) groups is 1. The lowest BCUT2D eigenvalue weighted by Gasteiger charge is -2.12. The van der Waals surface area contributed by atoms with Crippen LogP contribution in [0.4, 0.5) is 10.5 Å². The number of imide groups is 1. The van der Waals surface area contributed by atoms with Crippen molar-refractivity contribution in [3.05, 3.63) is 98.0 Å². The Hall–Kier alpha value is -3.44. The van der Waals surface area contributed by atoms with Crippen LogP contribution >= 0.6 is 34.4 Å². The van der Waals surface area contributed by atoms with Gasteiger partial charge in [0.15, 0.2) is 0 Å². The van der Waals surface area contributed by atoms with E-state index in [0.717, 1.165) is 25.8 Å². The van der Waals surface area contributed by atoms with Gasteiger partial charge in [-0.3, -0.25) is 19.3 Å². The molecule has 0 radical (unpaired) electrons. The van der Waals surface area contributed by atoms with E-state index >= 15 is 0 Å². The predicted octanol–water partition coefficient (Wildman–Crippen LogP) is 5.49. The van der Waals surface area contributed by atoms with Gasteiger partial charge in [-0.25, -0.2) is 4.79 Å². The van der Waals surface area contributed by atoms with E-state index in [9.17, 15) is 19.2 Å². The highest BCUT2D eigenvalue weighted by molar-refractivity contribution is 14.1. The third-order valence-corrected chi connectivity index (χ3v) is 6.82. The van der Waals surface area contributed by atoms with Crippen molar-refractivity contribution >= 4 is 69.1 Å². The molecule has 0 atom stereocenters. The SMILES string of the molecule is Cc1ccc(NC(=O)CN2C(=O)S/C(=C\c3cccc(OC(=O)c4ccccc4I)c3)C2=O)cc1. The summed E-state index contributed by atoms with van der Waals surface area (Å²) < 4.78 is 6.25. The number of halogens is 1. The van der Waals surface area contributed by atoms with Gasteiger partial charge < -0.3 is 10.1 Å². The van der Waals surface area contributed by atoms with Crippen molar-refractivity contribution in [3.8, 4) is 5.75 Å². The van der Waals surface area contributed by atoms with E-state index in [1.165, 1.54) is 6.08 Å². The number of esters is 1. The zero-order valence-electron chi connectivity index (χ0n) is 18.5. The number of hydrogen-bond acceptors (Lipinski definition) is 6. The lowest BCUT2D eigenvalue weighted by molar-refractivity contribution is -0.127. The average molecular weight is 598 g/mol. The number of hydrogen-bond donors (Lipinski definition) is 1. The van der Waals surface area contributed by atoms with Crippen molar-refractivity contribution < 1.29 is 23.9 Å². The van der Waals surface area contributed by atoms with E-state index in [-0.39, 0.29) is 11.4 Å². The van der Waals surface area contributed by atoms with Crippen LogP contribution in [0.5, 0.6) is 5.75 Å².